The highest BCUT2D eigenvalue weighted by Crippen LogP contribution is 2.32. The Morgan fingerprint density at radius 2 is 1.75 bits per heavy atom. The molecule has 5 rings (SSSR count). The van der Waals surface area contributed by atoms with Gasteiger partial charge in [0.1, 0.15) is 23.3 Å². The van der Waals surface area contributed by atoms with Crippen molar-refractivity contribution in [2.45, 2.75) is 11.3 Å². The van der Waals surface area contributed by atoms with E-state index in [2.05, 4.69) is 9.97 Å². The molecule has 4 N–H and O–H groups in total. The Morgan fingerprint density at radius 3 is 2.47 bits per heavy atom. The molecule has 0 spiro atoms. The predicted molar refractivity (Wildman–Crippen MR) is 125 cm³/mol. The maximum atomic E-state index is 11.6. The molecular formula is C22H18N6O2S2. The number of fused-ring (bicyclic) bond motifs is 1. The SMILES string of the molecule is Nc1ncnc2c(-n3cc(Cc4ccc(S(N)(=O)=O)cc4)c(-c4ccccc4)n3)csc12. The summed E-state index contributed by atoms with van der Waals surface area (Å²) in [5.74, 6) is 0.442. The molecule has 3 heterocycles. The van der Waals surface area contributed by atoms with Gasteiger partial charge in [-0.2, -0.15) is 5.10 Å². The lowest BCUT2D eigenvalue weighted by Gasteiger charge is -2.04. The first-order valence-electron chi connectivity index (χ1n) is 9.64. The number of benzene rings is 2. The number of anilines is 1. The molecule has 32 heavy (non-hydrogen) atoms. The van der Waals surface area contributed by atoms with Crippen LogP contribution in [-0.2, 0) is 16.4 Å². The highest BCUT2D eigenvalue weighted by Gasteiger charge is 2.17. The van der Waals surface area contributed by atoms with Crippen molar-refractivity contribution in [2.24, 2.45) is 5.14 Å². The summed E-state index contributed by atoms with van der Waals surface area (Å²) in [6.45, 7) is 0. The van der Waals surface area contributed by atoms with Crippen LogP contribution in [0, 0.1) is 0 Å². The van der Waals surface area contributed by atoms with Crippen molar-refractivity contribution in [2.75, 3.05) is 5.73 Å². The van der Waals surface area contributed by atoms with Gasteiger partial charge in [-0.15, -0.1) is 11.3 Å². The maximum Gasteiger partial charge on any atom is 0.238 e. The van der Waals surface area contributed by atoms with Crippen molar-refractivity contribution >= 4 is 37.4 Å². The van der Waals surface area contributed by atoms with E-state index in [9.17, 15) is 8.42 Å². The second-order valence-electron chi connectivity index (χ2n) is 7.24. The summed E-state index contributed by atoms with van der Waals surface area (Å²) in [5, 5.41) is 12.0. The van der Waals surface area contributed by atoms with Gasteiger partial charge in [0.25, 0.3) is 0 Å². The van der Waals surface area contributed by atoms with Crippen LogP contribution in [0.1, 0.15) is 11.1 Å². The van der Waals surface area contributed by atoms with Gasteiger partial charge in [-0.25, -0.2) is 28.2 Å². The molecule has 0 bridgehead atoms. The van der Waals surface area contributed by atoms with Crippen LogP contribution in [0.3, 0.4) is 0 Å². The lowest BCUT2D eigenvalue weighted by atomic mass is 10.0. The van der Waals surface area contributed by atoms with Crippen LogP contribution in [0.5, 0.6) is 0 Å². The molecule has 0 saturated carbocycles. The van der Waals surface area contributed by atoms with E-state index in [4.69, 9.17) is 16.0 Å². The highest BCUT2D eigenvalue weighted by molar-refractivity contribution is 7.89. The fourth-order valence-corrected chi connectivity index (χ4v) is 4.94. The molecule has 0 fully saturated rings. The van der Waals surface area contributed by atoms with Gasteiger partial charge in [0.15, 0.2) is 0 Å². The molecule has 8 nitrogen and oxygen atoms in total. The van der Waals surface area contributed by atoms with E-state index in [1.54, 1.807) is 12.1 Å². The standard InChI is InChI=1S/C22H18N6O2S2/c23-22-21-20(25-13-26-22)18(12-31-21)28-11-16(19(27-28)15-4-2-1-3-5-15)10-14-6-8-17(9-7-14)32(24,29)30/h1-9,11-13H,10H2,(H2,23,25,26)(H2,24,29,30). The number of primary sulfonamides is 1. The minimum Gasteiger partial charge on any atom is -0.382 e. The van der Waals surface area contributed by atoms with Gasteiger partial charge in [0.05, 0.1) is 15.3 Å². The highest BCUT2D eigenvalue weighted by atomic mass is 32.2. The second kappa shape index (κ2) is 7.83. The van der Waals surface area contributed by atoms with Crippen LogP contribution in [0.25, 0.3) is 27.2 Å². The van der Waals surface area contributed by atoms with Crippen molar-refractivity contribution in [1.29, 1.82) is 0 Å². The second-order valence-corrected chi connectivity index (χ2v) is 9.68. The number of nitrogens with zero attached hydrogens (tertiary/aromatic N) is 4. The fourth-order valence-electron chi connectivity index (χ4n) is 3.54. The van der Waals surface area contributed by atoms with Gasteiger partial charge in [-0.1, -0.05) is 42.5 Å². The van der Waals surface area contributed by atoms with Crippen molar-refractivity contribution in [3.63, 3.8) is 0 Å². The molecule has 0 aliphatic carbocycles. The van der Waals surface area contributed by atoms with Crippen LogP contribution in [0.2, 0.25) is 0 Å². The smallest absolute Gasteiger partial charge is 0.238 e. The summed E-state index contributed by atoms with van der Waals surface area (Å²) in [4.78, 5) is 8.54. The number of rotatable bonds is 5. The van der Waals surface area contributed by atoms with Crippen molar-refractivity contribution in [1.82, 2.24) is 19.7 Å². The molecule has 0 unspecified atom stereocenters. The van der Waals surface area contributed by atoms with Gasteiger partial charge in [-0.3, -0.25) is 0 Å². The number of sulfonamides is 1. The summed E-state index contributed by atoms with van der Waals surface area (Å²) in [6, 6.07) is 16.5. The normalized spacial score (nSPS) is 11.8. The first-order chi connectivity index (χ1) is 15.4. The molecule has 0 radical (unpaired) electrons. The number of hydrogen-bond donors (Lipinski definition) is 2. The third-order valence-electron chi connectivity index (χ3n) is 5.09. The Bertz CT molecular complexity index is 1520. The topological polar surface area (TPSA) is 130 Å². The molecule has 0 aliphatic rings. The lowest BCUT2D eigenvalue weighted by molar-refractivity contribution is 0.598. The molecule has 0 atom stereocenters. The lowest BCUT2D eigenvalue weighted by Crippen LogP contribution is -2.11. The fraction of sp³-hybridized carbons (Fsp3) is 0.0455. The van der Waals surface area contributed by atoms with Crippen LogP contribution in [-0.4, -0.2) is 28.2 Å². The van der Waals surface area contributed by atoms with E-state index in [-0.39, 0.29) is 4.90 Å². The number of thiophene rings is 1. The molecule has 3 aromatic heterocycles. The zero-order valence-electron chi connectivity index (χ0n) is 16.7. The molecule has 5 aromatic rings. The minimum absolute atomic E-state index is 0.0854. The Labute approximate surface area is 188 Å². The third-order valence-corrected chi connectivity index (χ3v) is 7.00. The predicted octanol–water partition coefficient (Wildman–Crippen LogP) is 3.36. The van der Waals surface area contributed by atoms with Crippen LogP contribution in [0.4, 0.5) is 5.82 Å². The third kappa shape index (κ3) is 3.75. The molecule has 10 heteroatoms. The molecule has 0 saturated heterocycles. The van der Waals surface area contributed by atoms with E-state index in [0.717, 1.165) is 38.3 Å². The first-order valence-corrected chi connectivity index (χ1v) is 12.1. The summed E-state index contributed by atoms with van der Waals surface area (Å²) in [5.41, 5.74) is 11.3. The first kappa shape index (κ1) is 20.3. The minimum atomic E-state index is -3.73. The van der Waals surface area contributed by atoms with E-state index in [0.29, 0.717) is 12.2 Å². The maximum absolute atomic E-state index is 11.6. The van der Waals surface area contributed by atoms with Crippen molar-refractivity contribution in [3.8, 4) is 16.9 Å². The Kier molecular flexibility index (Phi) is 4.97. The molecule has 2 aromatic carbocycles. The van der Waals surface area contributed by atoms with Gasteiger partial charge in [-0.05, 0) is 17.7 Å². The van der Waals surface area contributed by atoms with Crippen LogP contribution in [0.15, 0.2) is 77.4 Å². The zero-order chi connectivity index (χ0) is 22.3. The van der Waals surface area contributed by atoms with Crippen molar-refractivity contribution < 1.29 is 8.42 Å². The summed E-state index contributed by atoms with van der Waals surface area (Å²) >= 11 is 1.47. The monoisotopic (exact) mass is 462 g/mol. The Morgan fingerprint density at radius 1 is 1.00 bits per heavy atom. The van der Waals surface area contributed by atoms with Crippen LogP contribution >= 0.6 is 11.3 Å². The molecular weight excluding hydrogens is 444 g/mol. The van der Waals surface area contributed by atoms with Gasteiger partial charge >= 0.3 is 0 Å². The summed E-state index contributed by atoms with van der Waals surface area (Å²) < 4.78 is 25.7. The van der Waals surface area contributed by atoms with Crippen LogP contribution < -0.4 is 10.9 Å². The van der Waals surface area contributed by atoms with Gasteiger partial charge < -0.3 is 5.73 Å². The van der Waals surface area contributed by atoms with E-state index >= 15 is 0 Å². The van der Waals surface area contributed by atoms with E-state index < -0.39 is 10.0 Å². The largest absolute Gasteiger partial charge is 0.382 e. The summed E-state index contributed by atoms with van der Waals surface area (Å²) in [7, 11) is -3.73. The molecule has 0 aliphatic heterocycles. The molecule has 160 valence electrons. The molecule has 0 amide bonds. The summed E-state index contributed by atoms with van der Waals surface area (Å²) in [6.07, 6.45) is 3.98. The average molecular weight is 463 g/mol. The van der Waals surface area contributed by atoms with E-state index in [1.807, 2.05) is 46.6 Å². The Balaban J connectivity index is 1.60. The van der Waals surface area contributed by atoms with Crippen molar-refractivity contribution in [3.05, 3.63) is 83.6 Å². The van der Waals surface area contributed by atoms with E-state index in [1.165, 1.54) is 29.8 Å². The Hall–Kier alpha value is -3.60. The number of hydrogen-bond acceptors (Lipinski definition) is 7. The quantitative estimate of drug-likeness (QED) is 0.412. The average Bonchev–Trinajstić information content (AvgIpc) is 3.39. The number of nitrogen functional groups attached to an aromatic ring is 1. The number of aromatic nitrogens is 4. The van der Waals surface area contributed by atoms with Gasteiger partial charge in [0, 0.05) is 29.1 Å². The van der Waals surface area contributed by atoms with Gasteiger partial charge in [0.2, 0.25) is 10.0 Å². The zero-order valence-corrected chi connectivity index (χ0v) is 18.3. The number of nitrogens with two attached hydrogens (primary N) is 2.